The second kappa shape index (κ2) is 8.93. The molecule has 23 heavy (non-hydrogen) atoms. The number of ether oxygens (including phenoxy) is 2. The van der Waals surface area contributed by atoms with Crippen LogP contribution in [0, 0.1) is 0 Å². The number of anilines is 2. The first kappa shape index (κ1) is 17.0. The Balaban J connectivity index is 1.73. The lowest BCUT2D eigenvalue weighted by Crippen LogP contribution is -2.21. The van der Waals surface area contributed by atoms with Crippen LogP contribution in [0.3, 0.4) is 0 Å². The van der Waals surface area contributed by atoms with E-state index in [2.05, 4.69) is 30.9 Å². The van der Waals surface area contributed by atoms with Crippen molar-refractivity contribution in [2.45, 2.75) is 20.3 Å². The van der Waals surface area contributed by atoms with E-state index in [9.17, 15) is 0 Å². The molecule has 0 aliphatic rings. The number of benzene rings is 2. The highest BCUT2D eigenvalue weighted by atomic mass is 16.5. The van der Waals surface area contributed by atoms with Crippen LogP contribution < -0.4 is 20.1 Å². The summed E-state index contributed by atoms with van der Waals surface area (Å²) in [6, 6.07) is 15.7. The molecule has 2 aromatic carbocycles. The highest BCUT2D eigenvalue weighted by Crippen LogP contribution is 2.21. The average Bonchev–Trinajstić information content (AvgIpc) is 2.58. The van der Waals surface area contributed by atoms with Crippen LogP contribution in [0.2, 0.25) is 0 Å². The maximum Gasteiger partial charge on any atom is 0.121 e. The van der Waals surface area contributed by atoms with Crippen LogP contribution >= 0.6 is 0 Å². The van der Waals surface area contributed by atoms with Crippen molar-refractivity contribution in [3.63, 3.8) is 0 Å². The van der Waals surface area contributed by atoms with Gasteiger partial charge < -0.3 is 20.1 Å². The highest BCUT2D eigenvalue weighted by molar-refractivity contribution is 5.50. The Hall–Kier alpha value is -2.36. The fourth-order valence-electron chi connectivity index (χ4n) is 2.36. The standard InChI is InChI=1S/C19H26N2O2/c1-3-21(4-2)17-7-5-8-19(15-17)23-14-6-13-22-18-11-9-16(20)10-12-18/h5,7-12,15H,3-4,6,13-14,20H2,1-2H3. The minimum absolute atomic E-state index is 0.625. The summed E-state index contributed by atoms with van der Waals surface area (Å²) in [7, 11) is 0. The Morgan fingerprint density at radius 3 is 2.17 bits per heavy atom. The van der Waals surface area contributed by atoms with Crippen molar-refractivity contribution < 1.29 is 9.47 Å². The molecule has 2 rings (SSSR count). The van der Waals surface area contributed by atoms with Crippen molar-refractivity contribution >= 4 is 11.4 Å². The summed E-state index contributed by atoms with van der Waals surface area (Å²) in [6.45, 7) is 7.57. The summed E-state index contributed by atoms with van der Waals surface area (Å²) in [5, 5.41) is 0. The Kier molecular flexibility index (Phi) is 6.60. The van der Waals surface area contributed by atoms with Gasteiger partial charge in [-0.1, -0.05) is 6.07 Å². The second-order valence-corrected chi connectivity index (χ2v) is 5.29. The third kappa shape index (κ3) is 5.40. The van der Waals surface area contributed by atoms with E-state index < -0.39 is 0 Å². The van der Waals surface area contributed by atoms with Crippen molar-refractivity contribution in [1.29, 1.82) is 0 Å². The first-order valence-corrected chi connectivity index (χ1v) is 8.19. The average molecular weight is 314 g/mol. The van der Waals surface area contributed by atoms with E-state index in [0.29, 0.717) is 13.2 Å². The van der Waals surface area contributed by atoms with Gasteiger partial charge in [0.15, 0.2) is 0 Å². The Morgan fingerprint density at radius 2 is 1.52 bits per heavy atom. The van der Waals surface area contributed by atoms with Crippen LogP contribution in [-0.2, 0) is 0 Å². The van der Waals surface area contributed by atoms with Gasteiger partial charge in [-0.25, -0.2) is 0 Å². The van der Waals surface area contributed by atoms with E-state index in [-0.39, 0.29) is 0 Å². The maximum atomic E-state index is 5.82. The van der Waals surface area contributed by atoms with E-state index in [4.69, 9.17) is 15.2 Å². The zero-order valence-electron chi connectivity index (χ0n) is 14.0. The van der Waals surface area contributed by atoms with Gasteiger partial charge in [0, 0.05) is 37.0 Å². The summed E-state index contributed by atoms with van der Waals surface area (Å²) in [5.74, 6) is 1.74. The van der Waals surface area contributed by atoms with E-state index in [1.807, 2.05) is 36.4 Å². The topological polar surface area (TPSA) is 47.7 Å². The zero-order valence-corrected chi connectivity index (χ0v) is 14.0. The van der Waals surface area contributed by atoms with Crippen molar-refractivity contribution in [2.75, 3.05) is 36.9 Å². The molecule has 0 spiro atoms. The normalized spacial score (nSPS) is 10.3. The molecular weight excluding hydrogens is 288 g/mol. The third-order valence-corrected chi connectivity index (χ3v) is 3.65. The smallest absolute Gasteiger partial charge is 0.121 e. The predicted octanol–water partition coefficient (Wildman–Crippen LogP) is 3.96. The number of rotatable bonds is 9. The van der Waals surface area contributed by atoms with E-state index in [1.165, 1.54) is 5.69 Å². The van der Waals surface area contributed by atoms with Crippen LogP contribution in [0.15, 0.2) is 48.5 Å². The molecule has 2 aromatic rings. The quantitative estimate of drug-likeness (QED) is 0.562. The fraction of sp³-hybridized carbons (Fsp3) is 0.368. The van der Waals surface area contributed by atoms with Gasteiger partial charge in [0.1, 0.15) is 11.5 Å². The van der Waals surface area contributed by atoms with Gasteiger partial charge >= 0.3 is 0 Å². The molecule has 4 heteroatoms. The predicted molar refractivity (Wildman–Crippen MR) is 96.5 cm³/mol. The molecule has 2 N–H and O–H groups in total. The molecule has 0 aromatic heterocycles. The van der Waals surface area contributed by atoms with E-state index in [0.717, 1.165) is 36.7 Å². The summed E-state index contributed by atoms with van der Waals surface area (Å²) < 4.78 is 11.5. The monoisotopic (exact) mass is 314 g/mol. The molecule has 0 aliphatic carbocycles. The first-order chi connectivity index (χ1) is 11.2. The van der Waals surface area contributed by atoms with E-state index >= 15 is 0 Å². The summed E-state index contributed by atoms with van der Waals surface area (Å²) in [4.78, 5) is 2.30. The maximum absolute atomic E-state index is 5.82. The van der Waals surface area contributed by atoms with Gasteiger partial charge in [-0.05, 0) is 50.2 Å². The molecule has 0 amide bonds. The fourth-order valence-corrected chi connectivity index (χ4v) is 2.36. The zero-order chi connectivity index (χ0) is 16.5. The minimum atomic E-state index is 0.625. The van der Waals surface area contributed by atoms with Crippen LogP contribution in [0.25, 0.3) is 0 Å². The molecule has 0 aliphatic heterocycles. The molecule has 0 heterocycles. The van der Waals surface area contributed by atoms with Crippen molar-refractivity contribution in [3.8, 4) is 11.5 Å². The van der Waals surface area contributed by atoms with Gasteiger partial charge in [-0.3, -0.25) is 0 Å². The third-order valence-electron chi connectivity index (χ3n) is 3.65. The van der Waals surface area contributed by atoms with Crippen molar-refractivity contribution in [2.24, 2.45) is 0 Å². The van der Waals surface area contributed by atoms with Gasteiger partial charge in [0.2, 0.25) is 0 Å². The molecule has 4 nitrogen and oxygen atoms in total. The van der Waals surface area contributed by atoms with Gasteiger partial charge in [0.25, 0.3) is 0 Å². The van der Waals surface area contributed by atoms with Crippen molar-refractivity contribution in [3.05, 3.63) is 48.5 Å². The van der Waals surface area contributed by atoms with E-state index in [1.54, 1.807) is 0 Å². The Morgan fingerprint density at radius 1 is 0.870 bits per heavy atom. The SMILES string of the molecule is CCN(CC)c1cccc(OCCCOc2ccc(N)cc2)c1. The van der Waals surface area contributed by atoms with Crippen LogP contribution in [0.4, 0.5) is 11.4 Å². The van der Waals surface area contributed by atoms with Gasteiger partial charge in [-0.15, -0.1) is 0 Å². The lowest BCUT2D eigenvalue weighted by Gasteiger charge is -2.21. The molecule has 0 fully saturated rings. The number of hydrogen-bond acceptors (Lipinski definition) is 4. The highest BCUT2D eigenvalue weighted by Gasteiger charge is 2.03. The molecule has 124 valence electrons. The second-order valence-electron chi connectivity index (χ2n) is 5.29. The number of nitrogen functional groups attached to an aromatic ring is 1. The van der Waals surface area contributed by atoms with Gasteiger partial charge in [0.05, 0.1) is 13.2 Å². The minimum Gasteiger partial charge on any atom is -0.493 e. The molecule has 0 radical (unpaired) electrons. The molecule has 0 atom stereocenters. The van der Waals surface area contributed by atoms with Gasteiger partial charge in [-0.2, -0.15) is 0 Å². The summed E-state index contributed by atoms with van der Waals surface area (Å²) >= 11 is 0. The Bertz CT molecular complexity index is 580. The first-order valence-electron chi connectivity index (χ1n) is 8.19. The number of nitrogens with zero attached hydrogens (tertiary/aromatic N) is 1. The van der Waals surface area contributed by atoms with Crippen molar-refractivity contribution in [1.82, 2.24) is 0 Å². The number of nitrogens with two attached hydrogens (primary N) is 1. The lowest BCUT2D eigenvalue weighted by molar-refractivity contribution is 0.247. The van der Waals surface area contributed by atoms with Crippen LogP contribution in [0.1, 0.15) is 20.3 Å². The molecule has 0 unspecified atom stereocenters. The lowest BCUT2D eigenvalue weighted by atomic mass is 10.2. The number of hydrogen-bond donors (Lipinski definition) is 1. The summed E-state index contributed by atoms with van der Waals surface area (Å²) in [6.07, 6.45) is 0.833. The Labute approximate surface area is 138 Å². The molecule has 0 saturated carbocycles. The van der Waals surface area contributed by atoms with Crippen LogP contribution in [0.5, 0.6) is 11.5 Å². The largest absolute Gasteiger partial charge is 0.493 e. The molecule has 0 saturated heterocycles. The molecule has 0 bridgehead atoms. The van der Waals surface area contributed by atoms with Crippen LogP contribution in [-0.4, -0.2) is 26.3 Å². The summed E-state index contributed by atoms with van der Waals surface area (Å²) in [5.41, 5.74) is 7.59. The molecular formula is C19H26N2O2.